The van der Waals surface area contributed by atoms with Crippen LogP contribution in [0.2, 0.25) is 0 Å². The van der Waals surface area contributed by atoms with Gasteiger partial charge in [0.15, 0.2) is 5.92 Å². The maximum absolute atomic E-state index is 12.3. The van der Waals surface area contributed by atoms with Crippen LogP contribution in [0.3, 0.4) is 0 Å². The summed E-state index contributed by atoms with van der Waals surface area (Å²) in [6.07, 6.45) is 4.25. The lowest BCUT2D eigenvalue weighted by atomic mass is 9.82. The Balaban J connectivity index is 2.08. The number of nitrogens with one attached hydrogen (secondary N) is 1. The number of carbonyl (C=O) groups is 2. The highest BCUT2D eigenvalue weighted by atomic mass is 16.7. The number of carbonyl (C=O) groups excluding carboxylic acids is 2. The minimum absolute atomic E-state index is 0.313. The van der Waals surface area contributed by atoms with Gasteiger partial charge in [-0.2, -0.15) is 5.26 Å². The van der Waals surface area contributed by atoms with Crippen molar-refractivity contribution in [3.63, 3.8) is 0 Å². The van der Waals surface area contributed by atoms with Crippen molar-refractivity contribution < 1.29 is 14.4 Å². The second-order valence-electron chi connectivity index (χ2n) is 5.42. The Labute approximate surface area is 112 Å². The minimum atomic E-state index is -0.850. The second kappa shape index (κ2) is 5.17. The lowest BCUT2D eigenvalue weighted by Gasteiger charge is -2.32. The van der Waals surface area contributed by atoms with Crippen LogP contribution in [0, 0.1) is 17.2 Å². The van der Waals surface area contributed by atoms with Crippen molar-refractivity contribution in [1.82, 2.24) is 10.4 Å². The van der Waals surface area contributed by atoms with Crippen molar-refractivity contribution in [2.45, 2.75) is 50.6 Å². The number of rotatable bonds is 2. The zero-order valence-electron chi connectivity index (χ0n) is 11.3. The molecule has 6 nitrogen and oxygen atoms in total. The van der Waals surface area contributed by atoms with E-state index in [0.29, 0.717) is 12.8 Å². The molecule has 0 aromatic rings. The number of amides is 1. The fourth-order valence-corrected chi connectivity index (χ4v) is 2.75. The van der Waals surface area contributed by atoms with Crippen LogP contribution >= 0.6 is 0 Å². The van der Waals surface area contributed by atoms with Gasteiger partial charge in [-0.05, 0) is 19.8 Å². The molecule has 19 heavy (non-hydrogen) atoms. The molecule has 2 unspecified atom stereocenters. The summed E-state index contributed by atoms with van der Waals surface area (Å²) < 4.78 is 0. The molecule has 1 saturated carbocycles. The van der Waals surface area contributed by atoms with Gasteiger partial charge < -0.3 is 10.2 Å². The van der Waals surface area contributed by atoms with Gasteiger partial charge >= 0.3 is 5.97 Å². The first-order valence-electron chi connectivity index (χ1n) is 6.67. The van der Waals surface area contributed by atoms with Crippen molar-refractivity contribution in [2.75, 3.05) is 7.05 Å². The summed E-state index contributed by atoms with van der Waals surface area (Å²) in [6.45, 7) is 1.76. The first kappa shape index (κ1) is 13.8. The normalized spacial score (nSPS) is 30.5. The van der Waals surface area contributed by atoms with Crippen LogP contribution in [-0.4, -0.2) is 35.6 Å². The molecular weight excluding hydrogens is 246 g/mol. The Morgan fingerprint density at radius 3 is 2.58 bits per heavy atom. The van der Waals surface area contributed by atoms with Crippen LogP contribution in [0.1, 0.15) is 39.0 Å². The van der Waals surface area contributed by atoms with E-state index in [2.05, 4.69) is 11.4 Å². The molecule has 6 heteroatoms. The van der Waals surface area contributed by atoms with Gasteiger partial charge in [-0.25, -0.2) is 4.79 Å². The average Bonchev–Trinajstić information content (AvgIpc) is 2.64. The van der Waals surface area contributed by atoms with E-state index in [0.717, 1.165) is 19.3 Å². The van der Waals surface area contributed by atoms with Gasteiger partial charge in [0, 0.05) is 7.05 Å². The second-order valence-corrected chi connectivity index (χ2v) is 5.42. The van der Waals surface area contributed by atoms with Gasteiger partial charge in [-0.1, -0.05) is 19.3 Å². The van der Waals surface area contributed by atoms with Crippen molar-refractivity contribution in [3.8, 4) is 6.07 Å². The predicted octanol–water partition coefficient (Wildman–Crippen LogP) is 0.737. The first-order chi connectivity index (χ1) is 8.99. The number of nitrogens with zero attached hydrogens (tertiary/aromatic N) is 2. The Morgan fingerprint density at radius 1 is 1.47 bits per heavy atom. The van der Waals surface area contributed by atoms with E-state index in [1.165, 1.54) is 5.06 Å². The van der Waals surface area contributed by atoms with Crippen LogP contribution in [-0.2, 0) is 14.4 Å². The van der Waals surface area contributed by atoms with E-state index in [4.69, 9.17) is 4.84 Å². The third-order valence-electron chi connectivity index (χ3n) is 4.11. The summed E-state index contributed by atoms with van der Waals surface area (Å²) in [6, 6.07) is 1.90. The van der Waals surface area contributed by atoms with Gasteiger partial charge in [0.05, 0.1) is 12.1 Å². The first-order valence-corrected chi connectivity index (χ1v) is 6.67. The van der Waals surface area contributed by atoms with Gasteiger partial charge in [-0.3, -0.25) is 4.79 Å². The molecule has 1 aliphatic heterocycles. The summed E-state index contributed by atoms with van der Waals surface area (Å²) in [4.78, 5) is 28.8. The van der Waals surface area contributed by atoms with Crippen molar-refractivity contribution in [1.29, 1.82) is 5.26 Å². The number of hydrogen-bond donors (Lipinski definition) is 1. The van der Waals surface area contributed by atoms with E-state index in [1.54, 1.807) is 14.0 Å². The molecule has 2 atom stereocenters. The molecule has 2 fully saturated rings. The lowest BCUT2D eigenvalue weighted by molar-refractivity contribution is -0.169. The molecule has 1 heterocycles. The molecule has 104 valence electrons. The highest BCUT2D eigenvalue weighted by Crippen LogP contribution is 2.29. The summed E-state index contributed by atoms with van der Waals surface area (Å²) in [5, 5.41) is 13.5. The Bertz CT molecular complexity index is 423. The maximum Gasteiger partial charge on any atom is 0.339 e. The third-order valence-corrected chi connectivity index (χ3v) is 4.11. The Morgan fingerprint density at radius 2 is 2.11 bits per heavy atom. The molecular formula is C13H19N3O3. The molecule has 1 amide bonds. The average molecular weight is 265 g/mol. The molecule has 0 radical (unpaired) electrons. The van der Waals surface area contributed by atoms with E-state index >= 15 is 0 Å². The lowest BCUT2D eigenvalue weighted by Crippen LogP contribution is -2.52. The third kappa shape index (κ3) is 2.56. The standard InChI is InChI=1S/C13H19N3O3/c1-9-10(12(18)19-16(9)2)11(17)15-13(8-14)6-4-3-5-7-13/h9-10H,3-7H2,1-2H3,(H,15,17). The van der Waals surface area contributed by atoms with Crippen molar-refractivity contribution in [2.24, 2.45) is 5.92 Å². The molecule has 0 bridgehead atoms. The number of nitriles is 1. The molecule has 1 saturated heterocycles. The van der Waals surface area contributed by atoms with Crippen LogP contribution < -0.4 is 5.32 Å². The van der Waals surface area contributed by atoms with Gasteiger partial charge in [0.25, 0.3) is 0 Å². The quantitative estimate of drug-likeness (QED) is 0.744. The molecule has 1 N–H and O–H groups in total. The topological polar surface area (TPSA) is 82.4 Å². The van der Waals surface area contributed by atoms with Crippen LogP contribution in [0.4, 0.5) is 0 Å². The van der Waals surface area contributed by atoms with Crippen LogP contribution in [0.25, 0.3) is 0 Å². The fraction of sp³-hybridized carbons (Fsp3) is 0.769. The van der Waals surface area contributed by atoms with E-state index in [-0.39, 0.29) is 6.04 Å². The summed E-state index contributed by atoms with van der Waals surface area (Å²) in [5.74, 6) is -1.79. The van der Waals surface area contributed by atoms with E-state index in [9.17, 15) is 14.9 Å². The summed E-state index contributed by atoms with van der Waals surface area (Å²) in [5.41, 5.74) is -0.809. The largest absolute Gasteiger partial charge is 0.367 e. The van der Waals surface area contributed by atoms with Crippen molar-refractivity contribution >= 4 is 11.9 Å². The minimum Gasteiger partial charge on any atom is -0.367 e. The Hall–Kier alpha value is -1.61. The maximum atomic E-state index is 12.3. The number of hydrogen-bond acceptors (Lipinski definition) is 5. The van der Waals surface area contributed by atoms with Crippen LogP contribution in [0.15, 0.2) is 0 Å². The zero-order valence-corrected chi connectivity index (χ0v) is 11.3. The van der Waals surface area contributed by atoms with E-state index in [1.807, 2.05) is 0 Å². The zero-order chi connectivity index (χ0) is 14.0. The van der Waals surface area contributed by atoms with Gasteiger partial charge in [0.2, 0.25) is 5.91 Å². The van der Waals surface area contributed by atoms with Crippen LogP contribution in [0.5, 0.6) is 0 Å². The monoisotopic (exact) mass is 265 g/mol. The molecule has 0 aromatic heterocycles. The van der Waals surface area contributed by atoms with Crippen molar-refractivity contribution in [3.05, 3.63) is 0 Å². The smallest absolute Gasteiger partial charge is 0.339 e. The summed E-state index contributed by atoms with van der Waals surface area (Å²) >= 11 is 0. The molecule has 0 spiro atoms. The summed E-state index contributed by atoms with van der Waals surface area (Å²) in [7, 11) is 1.62. The molecule has 0 aromatic carbocycles. The van der Waals surface area contributed by atoms with E-state index < -0.39 is 23.3 Å². The predicted molar refractivity (Wildman–Crippen MR) is 66.4 cm³/mol. The molecule has 2 rings (SSSR count). The highest BCUT2D eigenvalue weighted by Gasteiger charge is 2.46. The number of hydroxylamine groups is 2. The molecule has 2 aliphatic rings. The van der Waals surface area contributed by atoms with Gasteiger partial charge in [-0.15, -0.1) is 5.06 Å². The van der Waals surface area contributed by atoms with Gasteiger partial charge in [0.1, 0.15) is 5.54 Å². The fourth-order valence-electron chi connectivity index (χ4n) is 2.75. The Kier molecular flexibility index (Phi) is 3.76. The highest BCUT2D eigenvalue weighted by molar-refractivity contribution is 5.99. The SMILES string of the molecule is CC1C(C(=O)NC2(C#N)CCCCC2)C(=O)ON1C. The molecule has 1 aliphatic carbocycles.